The van der Waals surface area contributed by atoms with Gasteiger partial charge in [-0.3, -0.25) is 4.57 Å². The predicted molar refractivity (Wildman–Crippen MR) is 238 cm³/mol. The normalized spacial score (nSPS) is 21.2. The Hall–Kier alpha value is -4.90. The Balaban J connectivity index is 1.29. The van der Waals surface area contributed by atoms with Gasteiger partial charge in [-0.1, -0.05) is 101 Å². The number of pyridine rings is 1. The van der Waals surface area contributed by atoms with Crippen LogP contribution in [-0.4, -0.2) is 21.0 Å². The van der Waals surface area contributed by atoms with E-state index in [1.54, 1.807) is 0 Å². The van der Waals surface area contributed by atoms with Gasteiger partial charge in [-0.05, 0) is 131 Å². The molecule has 6 aromatic rings. The lowest BCUT2D eigenvalue weighted by Crippen LogP contribution is -2.54. The number of aryl methyl sites for hydroxylation is 2. The first-order valence-corrected chi connectivity index (χ1v) is 20.5. The van der Waals surface area contributed by atoms with E-state index in [2.05, 4.69) is 168 Å². The lowest BCUT2D eigenvalue weighted by molar-refractivity contribution is -0.0673. The van der Waals surface area contributed by atoms with Crippen molar-refractivity contribution in [3.63, 3.8) is 0 Å². The lowest BCUT2D eigenvalue weighted by Gasteiger charge is -2.45. The molecule has 2 aliphatic rings. The monoisotopic (exact) mass is 761 g/mol. The number of fused-ring (bicyclic) bond motifs is 6. The van der Waals surface area contributed by atoms with Crippen LogP contribution in [0.2, 0.25) is 0 Å². The molecule has 5 nitrogen and oxygen atoms in total. The van der Waals surface area contributed by atoms with Crippen molar-refractivity contribution >= 4 is 27.7 Å². The van der Waals surface area contributed by atoms with Gasteiger partial charge < -0.3 is 9.47 Å². The predicted octanol–water partition coefficient (Wildman–Crippen LogP) is 13.5. The van der Waals surface area contributed by atoms with Gasteiger partial charge >= 0.3 is 0 Å². The van der Waals surface area contributed by atoms with Gasteiger partial charge in [0.15, 0.2) is 0 Å². The van der Waals surface area contributed by atoms with Gasteiger partial charge in [0.2, 0.25) is 5.90 Å². The number of hydrogen-bond donors (Lipinski definition) is 0. The SMILES string of the molecule is [2H]C1([2H])c2cc(C)c(C)cc2[C@@]2(C)N=C(c3cc(Oc4ccc5c6cc(C(C)(C)C)ccc6n(-c6cc(C(C)(C)C)ccn6)c5c4)cc(C(C)(C)C)c3)O[C@@]12C(C)(C)C. The fourth-order valence-electron chi connectivity index (χ4n) is 8.79. The second-order valence-corrected chi connectivity index (χ2v) is 20.9. The summed E-state index contributed by atoms with van der Waals surface area (Å²) in [4.78, 5) is 10.3. The van der Waals surface area contributed by atoms with Gasteiger partial charge in [-0.2, -0.15) is 0 Å². The molecule has 1 aliphatic heterocycles. The summed E-state index contributed by atoms with van der Waals surface area (Å²) in [5, 5.41) is 2.31. The second-order valence-electron chi connectivity index (χ2n) is 20.9. The highest BCUT2D eigenvalue weighted by Gasteiger charge is 2.66. The van der Waals surface area contributed by atoms with Crippen LogP contribution in [0.4, 0.5) is 0 Å². The molecule has 4 aromatic carbocycles. The lowest BCUT2D eigenvalue weighted by atomic mass is 9.66. The summed E-state index contributed by atoms with van der Waals surface area (Å²) in [5.41, 5.74) is 6.98. The van der Waals surface area contributed by atoms with Crippen LogP contribution in [0.1, 0.15) is 137 Å². The van der Waals surface area contributed by atoms with Gasteiger partial charge in [0, 0.05) is 43.1 Å². The topological polar surface area (TPSA) is 48.6 Å². The number of hydrogen-bond acceptors (Lipinski definition) is 4. The van der Waals surface area contributed by atoms with Gasteiger partial charge in [-0.25, -0.2) is 9.98 Å². The Labute approximate surface area is 343 Å². The number of nitrogens with zero attached hydrogens (tertiary/aromatic N) is 3. The second kappa shape index (κ2) is 12.5. The summed E-state index contributed by atoms with van der Waals surface area (Å²) in [6.45, 7) is 32.4. The zero-order chi connectivity index (χ0) is 43.0. The summed E-state index contributed by atoms with van der Waals surface area (Å²) >= 11 is 0. The van der Waals surface area contributed by atoms with E-state index in [1.807, 2.05) is 25.3 Å². The van der Waals surface area contributed by atoms with Crippen molar-refractivity contribution in [2.75, 3.05) is 0 Å². The highest BCUT2D eigenvalue weighted by atomic mass is 16.5. The molecule has 1 aliphatic carbocycles. The fourth-order valence-corrected chi connectivity index (χ4v) is 8.79. The van der Waals surface area contributed by atoms with E-state index in [0.29, 0.717) is 23.0 Å². The van der Waals surface area contributed by atoms with Crippen LogP contribution in [0.25, 0.3) is 27.6 Å². The van der Waals surface area contributed by atoms with Crippen molar-refractivity contribution in [1.29, 1.82) is 0 Å². The highest BCUT2D eigenvalue weighted by Crippen LogP contribution is 2.60. The van der Waals surface area contributed by atoms with E-state index in [4.69, 9.17) is 19.5 Å². The molecule has 0 saturated carbocycles. The Morgan fingerprint density at radius 3 is 2.00 bits per heavy atom. The number of rotatable bonds is 4. The minimum absolute atomic E-state index is 0.00797. The average Bonchev–Trinajstić information content (AvgIpc) is 3.68. The quantitative estimate of drug-likeness (QED) is 0.180. The Morgan fingerprint density at radius 1 is 0.667 bits per heavy atom. The molecule has 296 valence electrons. The van der Waals surface area contributed by atoms with Gasteiger partial charge in [-0.15, -0.1) is 0 Å². The van der Waals surface area contributed by atoms with Crippen molar-refractivity contribution in [3.05, 3.63) is 130 Å². The zero-order valence-corrected chi connectivity index (χ0v) is 36.7. The molecule has 0 radical (unpaired) electrons. The summed E-state index contributed by atoms with van der Waals surface area (Å²) in [6, 6.07) is 27.8. The fraction of sp³-hybridized carbons (Fsp3) is 0.423. The third-order valence-electron chi connectivity index (χ3n) is 12.5. The van der Waals surface area contributed by atoms with Crippen molar-refractivity contribution in [1.82, 2.24) is 9.55 Å². The molecule has 0 bridgehead atoms. The third kappa shape index (κ3) is 6.28. The summed E-state index contributed by atoms with van der Waals surface area (Å²) in [6.07, 6.45) is 0.0955. The molecule has 0 saturated heterocycles. The summed E-state index contributed by atoms with van der Waals surface area (Å²) in [7, 11) is 0. The largest absolute Gasteiger partial charge is 0.467 e. The van der Waals surface area contributed by atoms with Gasteiger partial charge in [0.05, 0.1) is 11.0 Å². The zero-order valence-electron chi connectivity index (χ0n) is 38.7. The molecular formula is C52H61N3O2. The molecular weight excluding hydrogens is 699 g/mol. The van der Waals surface area contributed by atoms with Crippen LogP contribution in [0.3, 0.4) is 0 Å². The van der Waals surface area contributed by atoms with Crippen LogP contribution in [0.5, 0.6) is 11.5 Å². The van der Waals surface area contributed by atoms with Crippen LogP contribution < -0.4 is 4.74 Å². The Bertz CT molecular complexity index is 2730. The molecule has 2 aromatic heterocycles. The third-order valence-corrected chi connectivity index (χ3v) is 12.5. The Kier molecular flexibility index (Phi) is 8.02. The molecule has 8 rings (SSSR count). The van der Waals surface area contributed by atoms with E-state index < -0.39 is 22.9 Å². The molecule has 0 fully saturated rings. The van der Waals surface area contributed by atoms with Crippen molar-refractivity contribution in [2.45, 2.75) is 138 Å². The number of aromatic nitrogens is 2. The first-order valence-electron chi connectivity index (χ1n) is 21.5. The maximum absolute atomic E-state index is 9.78. The van der Waals surface area contributed by atoms with E-state index in [1.165, 1.54) is 16.5 Å². The van der Waals surface area contributed by atoms with E-state index in [0.717, 1.165) is 50.1 Å². The molecule has 3 heterocycles. The minimum atomic E-state index is -1.82. The van der Waals surface area contributed by atoms with Crippen molar-refractivity contribution < 1.29 is 12.2 Å². The standard InChI is InChI=1S/C52H61N3O2/c1-31-22-34-30-52(50(12,13)14)51(15,42(34)23-32(31)2)54-46(57-52)33-24-37(49(9,10)11)26-39(25-33)56-38-17-18-40-41-27-35(47(3,4)5)16-19-43(41)55(44(40)29-38)45-28-36(20-21-53-45)48(6,7)8/h16-29H,30H2,1-15H3/t51-,52-/m1/s1/i30D2. The molecule has 0 amide bonds. The molecule has 57 heavy (non-hydrogen) atoms. The molecule has 0 spiro atoms. The van der Waals surface area contributed by atoms with Crippen LogP contribution in [-0.2, 0) is 32.9 Å². The smallest absolute Gasteiger partial charge is 0.217 e. The number of aliphatic imine (C=N–C) groups is 1. The number of benzene rings is 4. The van der Waals surface area contributed by atoms with E-state index in [9.17, 15) is 2.74 Å². The highest BCUT2D eigenvalue weighted by molar-refractivity contribution is 6.10. The van der Waals surface area contributed by atoms with Gasteiger partial charge in [0.1, 0.15) is 28.5 Å². The van der Waals surface area contributed by atoms with Gasteiger partial charge in [0.25, 0.3) is 0 Å². The molecule has 5 heteroatoms. The minimum Gasteiger partial charge on any atom is -0.467 e. The van der Waals surface area contributed by atoms with Crippen LogP contribution >= 0.6 is 0 Å². The van der Waals surface area contributed by atoms with E-state index >= 15 is 0 Å². The maximum atomic E-state index is 9.78. The average molecular weight is 762 g/mol. The van der Waals surface area contributed by atoms with Crippen LogP contribution in [0.15, 0.2) is 90.1 Å². The molecule has 0 unspecified atom stereocenters. The summed E-state index contributed by atoms with van der Waals surface area (Å²) in [5.74, 6) is 2.65. The number of ether oxygens (including phenoxy) is 2. The van der Waals surface area contributed by atoms with Crippen molar-refractivity contribution in [2.24, 2.45) is 10.4 Å². The van der Waals surface area contributed by atoms with E-state index in [-0.39, 0.29) is 16.2 Å². The van der Waals surface area contributed by atoms with Crippen molar-refractivity contribution in [3.8, 4) is 17.3 Å². The maximum Gasteiger partial charge on any atom is 0.217 e. The summed E-state index contributed by atoms with van der Waals surface area (Å²) < 4.78 is 35.8. The first kappa shape index (κ1) is 36.4. The first-order chi connectivity index (χ1) is 27.2. The van der Waals surface area contributed by atoms with Crippen LogP contribution in [0, 0.1) is 19.3 Å². The molecule has 0 N–H and O–H groups in total. The molecule has 2 atom stereocenters. The Morgan fingerprint density at radius 2 is 1.33 bits per heavy atom.